The summed E-state index contributed by atoms with van der Waals surface area (Å²) in [6.45, 7) is 0. The lowest BCUT2D eigenvalue weighted by Crippen LogP contribution is -2.31. The molecule has 5 nitrogen and oxygen atoms in total. The second-order valence-electron chi connectivity index (χ2n) is 6.51. The first-order valence-electron chi connectivity index (χ1n) is 8.88. The van der Waals surface area contributed by atoms with Gasteiger partial charge in [-0.05, 0) is 30.3 Å². The molecule has 0 spiro atoms. The van der Waals surface area contributed by atoms with Crippen molar-refractivity contribution in [3.05, 3.63) is 84.6 Å². The molecule has 0 bridgehead atoms. The summed E-state index contributed by atoms with van der Waals surface area (Å²) < 4.78 is 15.2. The fourth-order valence-corrected chi connectivity index (χ4v) is 4.14. The Hall–Kier alpha value is -2.76. The Bertz CT molecular complexity index is 1010. The maximum Gasteiger partial charge on any atom is 0.325 e. The largest absolute Gasteiger partial charge is 0.485 e. The Balaban J connectivity index is 1.71. The first-order chi connectivity index (χ1) is 14.0. The van der Waals surface area contributed by atoms with Crippen molar-refractivity contribution in [3.63, 3.8) is 0 Å². The number of aromatic nitrogens is 1. The summed E-state index contributed by atoms with van der Waals surface area (Å²) >= 11 is 13.1. The van der Waals surface area contributed by atoms with Gasteiger partial charge in [-0.15, -0.1) is 0 Å². The zero-order valence-corrected chi connectivity index (χ0v) is 16.9. The summed E-state index contributed by atoms with van der Waals surface area (Å²) in [5.41, 5.74) is -1.18. The van der Waals surface area contributed by atoms with E-state index in [1.165, 1.54) is 7.11 Å². The van der Waals surface area contributed by atoms with E-state index in [1.807, 2.05) is 36.4 Å². The Labute approximate surface area is 178 Å². The van der Waals surface area contributed by atoms with Crippen molar-refractivity contribution in [2.24, 2.45) is 0 Å². The average Bonchev–Trinajstić information content (AvgIpc) is 3.24. The Morgan fingerprint density at radius 3 is 2.14 bits per heavy atom. The van der Waals surface area contributed by atoms with Gasteiger partial charge in [0.05, 0.1) is 12.8 Å². The molecule has 2 atom stereocenters. The van der Waals surface area contributed by atoms with E-state index in [-0.39, 0.29) is 0 Å². The van der Waals surface area contributed by atoms with Crippen molar-refractivity contribution in [2.75, 3.05) is 7.11 Å². The monoisotopic (exact) mass is 429 g/mol. The first-order valence-corrected chi connectivity index (χ1v) is 9.64. The van der Waals surface area contributed by atoms with Gasteiger partial charge in [-0.2, -0.15) is 0 Å². The van der Waals surface area contributed by atoms with Crippen molar-refractivity contribution in [2.45, 2.75) is 15.9 Å². The van der Waals surface area contributed by atoms with Crippen molar-refractivity contribution >= 4 is 29.2 Å². The molecule has 2 unspecified atom stereocenters. The summed E-state index contributed by atoms with van der Waals surface area (Å²) in [7, 11) is 1.27. The molecule has 7 heteroatoms. The Kier molecular flexibility index (Phi) is 5.11. The highest BCUT2D eigenvalue weighted by molar-refractivity contribution is 6.55. The molecule has 2 aromatic carbocycles. The van der Waals surface area contributed by atoms with Crippen LogP contribution in [0.5, 0.6) is 17.4 Å². The van der Waals surface area contributed by atoms with Crippen LogP contribution in [0, 0.1) is 0 Å². The normalized spacial score (nSPS) is 21.8. The number of halogens is 2. The summed E-state index contributed by atoms with van der Waals surface area (Å²) in [5, 5.41) is 0. The number of pyridine rings is 1. The Morgan fingerprint density at radius 2 is 1.52 bits per heavy atom. The van der Waals surface area contributed by atoms with E-state index in [9.17, 15) is 4.79 Å². The molecule has 0 saturated heterocycles. The predicted molar refractivity (Wildman–Crippen MR) is 110 cm³/mol. The second-order valence-corrected chi connectivity index (χ2v) is 7.90. The van der Waals surface area contributed by atoms with Gasteiger partial charge in [0, 0.05) is 6.07 Å². The fourth-order valence-electron chi connectivity index (χ4n) is 3.29. The average molecular weight is 430 g/mol. The van der Waals surface area contributed by atoms with E-state index < -0.39 is 21.8 Å². The smallest absolute Gasteiger partial charge is 0.325 e. The van der Waals surface area contributed by atoms with E-state index in [0.717, 1.165) is 0 Å². The van der Waals surface area contributed by atoms with Crippen LogP contribution in [-0.4, -0.2) is 28.5 Å². The molecule has 1 aliphatic rings. The zero-order valence-electron chi connectivity index (χ0n) is 15.4. The number of carbonyl (C=O) groups is 1. The van der Waals surface area contributed by atoms with Crippen LogP contribution in [0.15, 0.2) is 78.9 Å². The number of ether oxygens (including phenoxy) is 3. The minimum atomic E-state index is -1.56. The fraction of sp³-hybridized carbons (Fsp3) is 0.182. The molecule has 1 saturated carbocycles. The summed E-state index contributed by atoms with van der Waals surface area (Å²) in [6, 6.07) is 23.2. The van der Waals surface area contributed by atoms with Crippen LogP contribution in [-0.2, 0) is 14.9 Å². The highest BCUT2D eigenvalue weighted by atomic mass is 35.5. The number of esters is 1. The third kappa shape index (κ3) is 3.30. The minimum absolute atomic E-state index is 0.298. The maximum atomic E-state index is 12.8. The zero-order chi connectivity index (χ0) is 20.5. The standard InChI is InChI=1S/C22H17Cl2NO4/c1-27-20(26)21(19(22(21,23)24)29-16-11-6-3-7-12-16)17-13-8-14-18(25-17)28-15-9-4-2-5-10-15/h2-14,19H,1H3. The van der Waals surface area contributed by atoms with Crippen LogP contribution >= 0.6 is 23.2 Å². The predicted octanol–water partition coefficient (Wildman–Crippen LogP) is 4.92. The molecule has 1 aliphatic carbocycles. The number of para-hydroxylation sites is 2. The van der Waals surface area contributed by atoms with Crippen molar-refractivity contribution in [3.8, 4) is 17.4 Å². The molecule has 4 rings (SSSR count). The number of alkyl halides is 2. The molecule has 0 amide bonds. The highest BCUT2D eigenvalue weighted by Gasteiger charge is 2.85. The number of carbonyl (C=O) groups excluding carboxylic acids is 1. The van der Waals surface area contributed by atoms with Crippen molar-refractivity contribution < 1.29 is 19.0 Å². The van der Waals surface area contributed by atoms with Gasteiger partial charge in [0.2, 0.25) is 5.88 Å². The SMILES string of the molecule is COC(=O)C1(c2cccc(Oc3ccccc3)n2)C(Oc2ccccc2)C1(Cl)Cl. The molecule has 3 aromatic rings. The summed E-state index contributed by atoms with van der Waals surface area (Å²) in [6.07, 6.45) is -0.882. The van der Waals surface area contributed by atoms with Crippen LogP contribution < -0.4 is 9.47 Å². The minimum Gasteiger partial charge on any atom is -0.485 e. The number of methoxy groups -OCH3 is 1. The third-order valence-electron chi connectivity index (χ3n) is 4.76. The molecule has 148 valence electrons. The van der Waals surface area contributed by atoms with E-state index in [0.29, 0.717) is 23.1 Å². The van der Waals surface area contributed by atoms with Crippen LogP contribution in [0.1, 0.15) is 5.69 Å². The molecule has 0 aliphatic heterocycles. The molecule has 29 heavy (non-hydrogen) atoms. The van der Waals surface area contributed by atoms with Gasteiger partial charge >= 0.3 is 5.97 Å². The van der Waals surface area contributed by atoms with E-state index >= 15 is 0 Å². The Morgan fingerprint density at radius 1 is 0.897 bits per heavy atom. The van der Waals surface area contributed by atoms with Crippen molar-refractivity contribution in [1.29, 1.82) is 0 Å². The quantitative estimate of drug-likeness (QED) is 0.411. The van der Waals surface area contributed by atoms with E-state index in [2.05, 4.69) is 4.98 Å². The third-order valence-corrected chi connectivity index (χ3v) is 5.76. The topological polar surface area (TPSA) is 57.7 Å². The lowest BCUT2D eigenvalue weighted by Gasteiger charge is -2.16. The van der Waals surface area contributed by atoms with Crippen molar-refractivity contribution in [1.82, 2.24) is 4.98 Å². The second kappa shape index (κ2) is 7.58. The molecule has 1 heterocycles. The van der Waals surface area contributed by atoms with Crippen LogP contribution in [0.25, 0.3) is 0 Å². The maximum absolute atomic E-state index is 12.8. The number of benzene rings is 2. The van der Waals surface area contributed by atoms with Crippen LogP contribution in [0.4, 0.5) is 0 Å². The van der Waals surface area contributed by atoms with Crippen LogP contribution in [0.3, 0.4) is 0 Å². The van der Waals surface area contributed by atoms with Crippen LogP contribution in [0.2, 0.25) is 0 Å². The summed E-state index contributed by atoms with van der Waals surface area (Å²) in [5.74, 6) is 0.810. The number of nitrogens with zero attached hydrogens (tertiary/aromatic N) is 1. The van der Waals surface area contributed by atoms with Gasteiger partial charge in [-0.3, -0.25) is 4.79 Å². The van der Waals surface area contributed by atoms with Gasteiger partial charge in [0.15, 0.2) is 15.9 Å². The van der Waals surface area contributed by atoms with Gasteiger partial charge in [-0.1, -0.05) is 65.7 Å². The van der Waals surface area contributed by atoms with E-state index in [1.54, 1.807) is 42.5 Å². The molecule has 0 radical (unpaired) electrons. The van der Waals surface area contributed by atoms with Gasteiger partial charge in [0.1, 0.15) is 11.5 Å². The van der Waals surface area contributed by atoms with Gasteiger partial charge < -0.3 is 14.2 Å². The first kappa shape index (κ1) is 19.6. The lowest BCUT2D eigenvalue weighted by atomic mass is 10.0. The highest BCUT2D eigenvalue weighted by Crippen LogP contribution is 2.66. The van der Waals surface area contributed by atoms with Gasteiger partial charge in [0.25, 0.3) is 0 Å². The lowest BCUT2D eigenvalue weighted by molar-refractivity contribution is -0.144. The summed E-state index contributed by atoms with van der Waals surface area (Å²) in [4.78, 5) is 17.3. The molecule has 1 fully saturated rings. The van der Waals surface area contributed by atoms with E-state index in [4.69, 9.17) is 37.4 Å². The molecular weight excluding hydrogens is 413 g/mol. The van der Waals surface area contributed by atoms with Gasteiger partial charge in [-0.25, -0.2) is 4.98 Å². The molecule has 1 aromatic heterocycles. The molecular formula is C22H17Cl2NO4. The molecule has 0 N–H and O–H groups in total. The number of hydrogen-bond donors (Lipinski definition) is 0. The number of hydrogen-bond acceptors (Lipinski definition) is 5. The number of rotatable bonds is 6.